The van der Waals surface area contributed by atoms with Crippen molar-refractivity contribution in [1.29, 1.82) is 0 Å². The van der Waals surface area contributed by atoms with Gasteiger partial charge in [-0.05, 0) is 18.2 Å². The van der Waals surface area contributed by atoms with Gasteiger partial charge in [0.2, 0.25) is 5.88 Å². The molecule has 0 aliphatic rings. The second-order valence-corrected chi connectivity index (χ2v) is 5.52. The van der Waals surface area contributed by atoms with Crippen molar-refractivity contribution in [3.8, 4) is 11.7 Å². The minimum atomic E-state index is -4.52. The number of nitrogens with one attached hydrogen (secondary N) is 1. The summed E-state index contributed by atoms with van der Waals surface area (Å²) in [5, 5.41) is 6.27. The number of amides is 1. The number of anilines is 1. The first-order valence-electron chi connectivity index (χ1n) is 7.29. The molecule has 0 atom stereocenters. The highest BCUT2D eigenvalue weighted by atomic mass is 35.5. The van der Waals surface area contributed by atoms with Crippen LogP contribution >= 0.6 is 11.6 Å². The van der Waals surface area contributed by atoms with Crippen LogP contribution in [0.2, 0.25) is 5.02 Å². The molecule has 1 N–H and O–H groups in total. The number of nitrogens with zero attached hydrogens (tertiary/aromatic N) is 5. The van der Waals surface area contributed by atoms with E-state index in [0.29, 0.717) is 11.5 Å². The predicted molar refractivity (Wildman–Crippen MR) is 87.9 cm³/mol. The van der Waals surface area contributed by atoms with Gasteiger partial charge >= 0.3 is 6.18 Å². The molecule has 0 unspecified atom stereocenters. The average Bonchev–Trinajstić information content (AvgIpc) is 3.15. The van der Waals surface area contributed by atoms with Gasteiger partial charge in [-0.25, -0.2) is 19.6 Å². The minimum absolute atomic E-state index is 0.0414. The maximum Gasteiger partial charge on any atom is 0.422 e. The Labute approximate surface area is 155 Å². The summed E-state index contributed by atoms with van der Waals surface area (Å²) < 4.78 is 42.4. The Kier molecular flexibility index (Phi) is 5.21. The predicted octanol–water partition coefficient (Wildman–Crippen LogP) is 2.90. The highest BCUT2D eigenvalue weighted by Gasteiger charge is 2.29. The summed E-state index contributed by atoms with van der Waals surface area (Å²) >= 11 is 5.82. The quantitative estimate of drug-likeness (QED) is 0.710. The molecule has 0 fully saturated rings. The Morgan fingerprint density at radius 3 is 2.67 bits per heavy atom. The second-order valence-electron chi connectivity index (χ2n) is 5.11. The van der Waals surface area contributed by atoms with Gasteiger partial charge in [-0.1, -0.05) is 11.6 Å². The number of alkyl halides is 3. The number of carbonyl (C=O) groups excluding carboxylic acids is 1. The number of hydrogen-bond donors (Lipinski definition) is 1. The van der Waals surface area contributed by atoms with Crippen molar-refractivity contribution in [1.82, 2.24) is 24.7 Å². The summed E-state index contributed by atoms with van der Waals surface area (Å²) in [6.07, 6.45) is 0.772. The molecule has 3 aromatic rings. The summed E-state index contributed by atoms with van der Waals surface area (Å²) in [7, 11) is 0. The van der Waals surface area contributed by atoms with Gasteiger partial charge in [-0.2, -0.15) is 18.3 Å². The zero-order chi connectivity index (χ0) is 19.4. The van der Waals surface area contributed by atoms with Crippen LogP contribution in [0.5, 0.6) is 5.88 Å². The Morgan fingerprint density at radius 2 is 2.07 bits per heavy atom. The molecule has 140 valence electrons. The van der Waals surface area contributed by atoms with E-state index in [-0.39, 0.29) is 10.6 Å². The molecule has 12 heteroatoms. The molecule has 0 bridgehead atoms. The molecular formula is C15H10ClF3N6O2. The molecule has 0 saturated carbocycles. The van der Waals surface area contributed by atoms with E-state index in [4.69, 9.17) is 11.6 Å². The number of rotatable bonds is 5. The molecule has 0 saturated heterocycles. The van der Waals surface area contributed by atoms with E-state index in [0.717, 1.165) is 12.3 Å². The van der Waals surface area contributed by atoms with Crippen molar-refractivity contribution in [2.75, 3.05) is 11.9 Å². The summed E-state index contributed by atoms with van der Waals surface area (Å²) in [6.45, 7) is -1.53. The molecule has 27 heavy (non-hydrogen) atoms. The summed E-state index contributed by atoms with van der Waals surface area (Å²) in [5.41, 5.74) is 0.428. The Bertz CT molecular complexity index is 932. The summed E-state index contributed by atoms with van der Waals surface area (Å²) in [5.74, 6) is -0.479. The van der Waals surface area contributed by atoms with Crippen molar-refractivity contribution in [2.24, 2.45) is 0 Å². The van der Waals surface area contributed by atoms with Gasteiger partial charge in [0.15, 0.2) is 12.4 Å². The number of hydrogen-bond acceptors (Lipinski definition) is 6. The molecule has 0 aromatic carbocycles. The lowest BCUT2D eigenvalue weighted by molar-refractivity contribution is -0.154. The second kappa shape index (κ2) is 7.58. The lowest BCUT2D eigenvalue weighted by Gasteiger charge is -2.10. The van der Waals surface area contributed by atoms with Crippen molar-refractivity contribution in [3.05, 3.63) is 53.8 Å². The smallest absolute Gasteiger partial charge is 0.422 e. The number of pyridine rings is 2. The highest BCUT2D eigenvalue weighted by molar-refractivity contribution is 6.32. The maximum absolute atomic E-state index is 12.2. The molecule has 0 spiro atoms. The van der Waals surface area contributed by atoms with Crippen LogP contribution in [0.3, 0.4) is 0 Å². The highest BCUT2D eigenvalue weighted by Crippen LogP contribution is 2.25. The standard InChI is InChI=1S/C15H10ClF3N6O2/c16-11-3-9(4-22-14(11)27-6-15(17,18)19)13(26)24-10-1-2-12(21-5-10)25-8-20-7-23-25/h1-5,7-8H,6H2,(H,24,26). The fraction of sp³-hybridized carbons (Fsp3) is 0.133. The van der Waals surface area contributed by atoms with Gasteiger partial charge in [0.25, 0.3) is 5.91 Å². The largest absolute Gasteiger partial charge is 0.467 e. The summed E-state index contributed by atoms with van der Waals surface area (Å²) in [4.78, 5) is 23.8. The fourth-order valence-electron chi connectivity index (χ4n) is 1.93. The molecule has 0 aliphatic carbocycles. The third kappa shape index (κ3) is 4.91. The maximum atomic E-state index is 12.2. The van der Waals surface area contributed by atoms with Gasteiger partial charge in [0.05, 0.1) is 17.4 Å². The van der Waals surface area contributed by atoms with Crippen LogP contribution in [-0.2, 0) is 0 Å². The topological polar surface area (TPSA) is 94.8 Å². The van der Waals surface area contributed by atoms with Gasteiger partial charge in [0.1, 0.15) is 17.7 Å². The van der Waals surface area contributed by atoms with Crippen molar-refractivity contribution >= 4 is 23.2 Å². The minimum Gasteiger partial charge on any atom is -0.467 e. The third-order valence-electron chi connectivity index (χ3n) is 3.10. The lowest BCUT2D eigenvalue weighted by Crippen LogP contribution is -2.20. The van der Waals surface area contributed by atoms with Crippen LogP contribution in [0.15, 0.2) is 43.2 Å². The van der Waals surface area contributed by atoms with Gasteiger partial charge in [0, 0.05) is 6.20 Å². The number of halogens is 4. The van der Waals surface area contributed by atoms with Gasteiger partial charge < -0.3 is 10.1 Å². The van der Waals surface area contributed by atoms with Gasteiger partial charge in [-0.15, -0.1) is 0 Å². The first kappa shape index (κ1) is 18.6. The number of carbonyl (C=O) groups is 1. The molecule has 1 amide bonds. The SMILES string of the molecule is O=C(Nc1ccc(-n2cncn2)nc1)c1cnc(OCC(F)(F)F)c(Cl)c1. The van der Waals surface area contributed by atoms with Crippen molar-refractivity contribution < 1.29 is 22.7 Å². The number of aromatic nitrogens is 5. The molecule has 8 nitrogen and oxygen atoms in total. The normalized spacial score (nSPS) is 11.3. The van der Waals surface area contributed by atoms with E-state index in [1.54, 1.807) is 12.1 Å². The molecular weight excluding hydrogens is 389 g/mol. The van der Waals surface area contributed by atoms with Crippen LogP contribution in [-0.4, -0.2) is 43.4 Å². The zero-order valence-corrected chi connectivity index (χ0v) is 14.1. The van der Waals surface area contributed by atoms with E-state index in [9.17, 15) is 18.0 Å². The first-order valence-corrected chi connectivity index (χ1v) is 7.67. The molecule has 3 rings (SSSR count). The van der Waals surface area contributed by atoms with E-state index >= 15 is 0 Å². The van der Waals surface area contributed by atoms with Gasteiger partial charge in [-0.3, -0.25) is 4.79 Å². The van der Waals surface area contributed by atoms with E-state index < -0.39 is 24.6 Å². The summed E-state index contributed by atoms with van der Waals surface area (Å²) in [6, 6.07) is 4.37. The third-order valence-corrected chi connectivity index (χ3v) is 3.37. The van der Waals surface area contributed by atoms with Crippen LogP contribution in [0, 0.1) is 0 Å². The Balaban J connectivity index is 1.66. The Morgan fingerprint density at radius 1 is 1.26 bits per heavy atom. The molecule has 0 radical (unpaired) electrons. The average molecular weight is 399 g/mol. The Hall–Kier alpha value is -3.21. The monoisotopic (exact) mass is 398 g/mol. The first-order chi connectivity index (χ1) is 12.8. The number of ether oxygens (including phenoxy) is 1. The molecule has 3 heterocycles. The van der Waals surface area contributed by atoms with Crippen molar-refractivity contribution in [3.63, 3.8) is 0 Å². The van der Waals surface area contributed by atoms with E-state index in [1.165, 1.54) is 23.5 Å². The zero-order valence-electron chi connectivity index (χ0n) is 13.3. The molecule has 0 aliphatic heterocycles. The van der Waals surface area contributed by atoms with Crippen LogP contribution < -0.4 is 10.1 Å². The van der Waals surface area contributed by atoms with E-state index in [1.807, 2.05) is 0 Å². The van der Waals surface area contributed by atoms with E-state index in [2.05, 4.69) is 30.1 Å². The molecule has 3 aromatic heterocycles. The van der Waals surface area contributed by atoms with Crippen molar-refractivity contribution in [2.45, 2.75) is 6.18 Å². The fourth-order valence-corrected chi connectivity index (χ4v) is 2.15. The van der Waals surface area contributed by atoms with Crippen LogP contribution in [0.1, 0.15) is 10.4 Å². The van der Waals surface area contributed by atoms with Crippen LogP contribution in [0.25, 0.3) is 5.82 Å². The lowest BCUT2D eigenvalue weighted by atomic mass is 10.2. The van der Waals surface area contributed by atoms with Crippen LogP contribution in [0.4, 0.5) is 18.9 Å².